The molecule has 18 heavy (non-hydrogen) atoms. The van der Waals surface area contributed by atoms with Gasteiger partial charge in [0.1, 0.15) is 17.3 Å². The number of aromatic nitrogens is 4. The first-order chi connectivity index (χ1) is 8.69. The lowest BCUT2D eigenvalue weighted by atomic mass is 10.3. The maximum Gasteiger partial charge on any atom is 0.133 e. The van der Waals surface area contributed by atoms with Crippen molar-refractivity contribution >= 4 is 5.82 Å². The molecule has 0 spiro atoms. The van der Waals surface area contributed by atoms with E-state index in [1.165, 1.54) is 0 Å². The van der Waals surface area contributed by atoms with Gasteiger partial charge in [0.15, 0.2) is 0 Å². The van der Waals surface area contributed by atoms with Gasteiger partial charge in [0.2, 0.25) is 0 Å². The predicted octanol–water partition coefficient (Wildman–Crippen LogP) is 2.23. The highest BCUT2D eigenvalue weighted by molar-refractivity contribution is 5.67. The number of nitrogens with two attached hydrogens (primary N) is 1. The largest absolute Gasteiger partial charge is 0.383 e. The molecule has 0 saturated carbocycles. The maximum atomic E-state index is 6.24. The van der Waals surface area contributed by atoms with Crippen molar-refractivity contribution in [1.29, 1.82) is 0 Å². The van der Waals surface area contributed by atoms with Crippen LogP contribution in [-0.4, -0.2) is 19.1 Å². The van der Waals surface area contributed by atoms with Gasteiger partial charge in [-0.2, -0.15) is 0 Å². The Kier molecular flexibility index (Phi) is 3.69. The molecule has 5 nitrogen and oxygen atoms in total. The molecule has 0 aromatic carbocycles. The highest BCUT2D eigenvalue weighted by atomic mass is 15.2. The summed E-state index contributed by atoms with van der Waals surface area (Å²) in [5.74, 6) is 1.81. The molecule has 0 radical (unpaired) electrons. The summed E-state index contributed by atoms with van der Waals surface area (Å²) in [6.45, 7) is 5.23. The lowest BCUT2D eigenvalue weighted by molar-refractivity contribution is 0.612. The number of aryl methyl sites for hydroxylation is 2. The Morgan fingerprint density at radius 2 is 2.11 bits per heavy atom. The lowest BCUT2D eigenvalue weighted by Crippen LogP contribution is -2.07. The van der Waals surface area contributed by atoms with Gasteiger partial charge in [0.05, 0.1) is 18.2 Å². The van der Waals surface area contributed by atoms with Crippen molar-refractivity contribution < 1.29 is 0 Å². The smallest absolute Gasteiger partial charge is 0.133 e. The average molecular weight is 247 g/mol. The number of anilines is 1. The van der Waals surface area contributed by atoms with Crippen LogP contribution in [0.3, 0.4) is 0 Å². The SMILES string of the molecule is CCCCn1c(CC)nc(-c2cncn2C)c1N. The van der Waals surface area contributed by atoms with Crippen LogP contribution in [0.15, 0.2) is 12.5 Å². The second-order valence-electron chi connectivity index (χ2n) is 4.51. The number of unbranched alkanes of at least 4 members (excludes halogenated alkanes) is 1. The molecule has 0 amide bonds. The first kappa shape index (κ1) is 12.7. The second kappa shape index (κ2) is 5.25. The number of nitrogens with zero attached hydrogens (tertiary/aromatic N) is 4. The molecule has 0 unspecified atom stereocenters. The third kappa shape index (κ3) is 2.12. The first-order valence-electron chi connectivity index (χ1n) is 6.50. The normalized spacial score (nSPS) is 11.1. The Labute approximate surface area is 108 Å². The van der Waals surface area contributed by atoms with Gasteiger partial charge in [-0.25, -0.2) is 9.97 Å². The summed E-state index contributed by atoms with van der Waals surface area (Å²) < 4.78 is 4.08. The molecule has 2 heterocycles. The van der Waals surface area contributed by atoms with Gasteiger partial charge in [0.25, 0.3) is 0 Å². The van der Waals surface area contributed by atoms with Crippen molar-refractivity contribution in [3.63, 3.8) is 0 Å². The van der Waals surface area contributed by atoms with E-state index in [0.717, 1.165) is 48.8 Å². The van der Waals surface area contributed by atoms with Crippen LogP contribution in [0, 0.1) is 0 Å². The third-order valence-corrected chi connectivity index (χ3v) is 3.20. The molecule has 5 heteroatoms. The Hall–Kier alpha value is -1.78. The second-order valence-corrected chi connectivity index (χ2v) is 4.51. The number of rotatable bonds is 5. The minimum atomic E-state index is 0.754. The van der Waals surface area contributed by atoms with Crippen LogP contribution < -0.4 is 5.73 Å². The summed E-state index contributed by atoms with van der Waals surface area (Å²) in [6.07, 6.45) is 6.75. The number of hydrogen-bond acceptors (Lipinski definition) is 3. The highest BCUT2D eigenvalue weighted by Crippen LogP contribution is 2.26. The van der Waals surface area contributed by atoms with E-state index in [4.69, 9.17) is 5.73 Å². The van der Waals surface area contributed by atoms with Gasteiger partial charge in [-0.15, -0.1) is 0 Å². The summed E-state index contributed by atoms with van der Waals surface area (Å²) >= 11 is 0. The molecule has 0 fully saturated rings. The highest BCUT2D eigenvalue weighted by Gasteiger charge is 2.16. The zero-order valence-electron chi connectivity index (χ0n) is 11.3. The van der Waals surface area contributed by atoms with Crippen molar-refractivity contribution in [3.8, 4) is 11.4 Å². The fraction of sp³-hybridized carbons (Fsp3) is 0.538. The molecule has 2 aromatic rings. The van der Waals surface area contributed by atoms with Crippen LogP contribution in [0.5, 0.6) is 0 Å². The van der Waals surface area contributed by atoms with Crippen LogP contribution in [0.25, 0.3) is 11.4 Å². The van der Waals surface area contributed by atoms with Crippen molar-refractivity contribution in [2.24, 2.45) is 7.05 Å². The summed E-state index contributed by atoms with van der Waals surface area (Å²) in [5.41, 5.74) is 8.06. The van der Waals surface area contributed by atoms with E-state index >= 15 is 0 Å². The molecular formula is C13H21N5. The van der Waals surface area contributed by atoms with Crippen LogP contribution in [0.4, 0.5) is 5.82 Å². The molecule has 2 aromatic heterocycles. The molecular weight excluding hydrogens is 226 g/mol. The Balaban J connectivity index is 2.44. The lowest BCUT2D eigenvalue weighted by Gasteiger charge is -2.07. The monoisotopic (exact) mass is 247 g/mol. The zero-order valence-corrected chi connectivity index (χ0v) is 11.3. The summed E-state index contributed by atoms with van der Waals surface area (Å²) in [6, 6.07) is 0. The first-order valence-corrected chi connectivity index (χ1v) is 6.50. The van der Waals surface area contributed by atoms with E-state index < -0.39 is 0 Å². The Bertz CT molecular complexity index is 523. The van der Waals surface area contributed by atoms with E-state index in [9.17, 15) is 0 Å². The standard InChI is InChI=1S/C13H21N5/c1-4-6-7-18-11(5-2)16-12(13(18)14)10-8-15-9-17(10)3/h8-9H,4-7,14H2,1-3H3. The maximum absolute atomic E-state index is 6.24. The summed E-state index contributed by atoms with van der Waals surface area (Å²) in [4.78, 5) is 8.79. The molecule has 0 atom stereocenters. The van der Waals surface area contributed by atoms with E-state index in [0.29, 0.717) is 0 Å². The molecule has 0 bridgehead atoms. The van der Waals surface area contributed by atoms with Gasteiger partial charge < -0.3 is 14.9 Å². The van der Waals surface area contributed by atoms with Crippen molar-refractivity contribution in [3.05, 3.63) is 18.3 Å². The number of nitrogen functional groups attached to an aromatic ring is 1. The van der Waals surface area contributed by atoms with Crippen molar-refractivity contribution in [1.82, 2.24) is 19.1 Å². The fourth-order valence-electron chi connectivity index (χ4n) is 2.12. The molecule has 0 aliphatic heterocycles. The molecule has 0 aliphatic rings. The van der Waals surface area contributed by atoms with Gasteiger partial charge in [-0.05, 0) is 6.42 Å². The van der Waals surface area contributed by atoms with E-state index in [-0.39, 0.29) is 0 Å². The topological polar surface area (TPSA) is 61.7 Å². The molecule has 0 aliphatic carbocycles. The Morgan fingerprint density at radius 1 is 1.33 bits per heavy atom. The predicted molar refractivity (Wildman–Crippen MR) is 73.1 cm³/mol. The molecule has 2 rings (SSSR count). The van der Waals surface area contributed by atoms with E-state index in [2.05, 4.69) is 28.4 Å². The minimum absolute atomic E-state index is 0.754. The van der Waals surface area contributed by atoms with Gasteiger partial charge >= 0.3 is 0 Å². The van der Waals surface area contributed by atoms with Crippen LogP contribution in [0.2, 0.25) is 0 Å². The fourth-order valence-corrected chi connectivity index (χ4v) is 2.12. The van der Waals surface area contributed by atoms with E-state index in [1.54, 1.807) is 6.33 Å². The minimum Gasteiger partial charge on any atom is -0.383 e. The Morgan fingerprint density at radius 3 is 2.67 bits per heavy atom. The molecule has 0 saturated heterocycles. The van der Waals surface area contributed by atoms with Crippen LogP contribution in [-0.2, 0) is 20.0 Å². The number of imidazole rings is 2. The van der Waals surface area contributed by atoms with E-state index in [1.807, 2.05) is 17.8 Å². The van der Waals surface area contributed by atoms with Crippen LogP contribution in [0.1, 0.15) is 32.5 Å². The van der Waals surface area contributed by atoms with Gasteiger partial charge in [-0.3, -0.25) is 0 Å². The van der Waals surface area contributed by atoms with Gasteiger partial charge in [-0.1, -0.05) is 20.3 Å². The van der Waals surface area contributed by atoms with Crippen molar-refractivity contribution in [2.75, 3.05) is 5.73 Å². The molecule has 98 valence electrons. The third-order valence-electron chi connectivity index (χ3n) is 3.20. The summed E-state index contributed by atoms with van der Waals surface area (Å²) in [7, 11) is 1.96. The zero-order chi connectivity index (χ0) is 13.1. The number of hydrogen-bond donors (Lipinski definition) is 1. The van der Waals surface area contributed by atoms with Gasteiger partial charge in [0, 0.05) is 20.0 Å². The average Bonchev–Trinajstić information content (AvgIpc) is 2.91. The van der Waals surface area contributed by atoms with Crippen LogP contribution >= 0.6 is 0 Å². The summed E-state index contributed by atoms with van der Waals surface area (Å²) in [5, 5.41) is 0. The van der Waals surface area contributed by atoms with Crippen molar-refractivity contribution in [2.45, 2.75) is 39.7 Å². The quantitative estimate of drug-likeness (QED) is 0.881. The molecule has 2 N–H and O–H groups in total.